The van der Waals surface area contributed by atoms with Crippen LogP contribution in [-0.4, -0.2) is 51.1 Å². The van der Waals surface area contributed by atoms with Crippen LogP contribution >= 0.6 is 0 Å². The van der Waals surface area contributed by atoms with Crippen LogP contribution in [0.2, 0.25) is 0 Å². The number of rotatable bonds is 6. The highest BCUT2D eigenvalue weighted by molar-refractivity contribution is 7.86. The lowest BCUT2D eigenvalue weighted by Gasteiger charge is -2.20. The number of ketones is 2. The fourth-order valence-electron chi connectivity index (χ4n) is 2.27. The summed E-state index contributed by atoms with van der Waals surface area (Å²) in [7, 11) is -7.95. The lowest BCUT2D eigenvalue weighted by atomic mass is 9.88. The number of phenols is 2. The Labute approximate surface area is 148 Å². The molecule has 0 bridgehead atoms. The minimum atomic E-state index is -3.98. The van der Waals surface area contributed by atoms with Gasteiger partial charge in [-0.25, -0.2) is 0 Å². The summed E-state index contributed by atoms with van der Waals surface area (Å²) in [6, 6.07) is 0. The molecule has 1 aliphatic rings. The molecule has 0 heterocycles. The second kappa shape index (κ2) is 6.79. The highest BCUT2D eigenvalue weighted by Crippen LogP contribution is 2.41. The lowest BCUT2D eigenvalue weighted by Crippen LogP contribution is -2.17. The van der Waals surface area contributed by atoms with Gasteiger partial charge in [0.05, 0.1) is 36.9 Å². The van der Waals surface area contributed by atoms with Crippen molar-refractivity contribution in [1.82, 2.24) is 0 Å². The maximum atomic E-state index is 12.0. The molecule has 1 aromatic rings. The molecule has 0 radical (unpaired) electrons. The van der Waals surface area contributed by atoms with Crippen molar-refractivity contribution < 1.29 is 45.0 Å². The van der Waals surface area contributed by atoms with Gasteiger partial charge in [0.2, 0.25) is 0 Å². The maximum Gasteiger partial charge on any atom is 0.264 e. The predicted octanol–water partition coefficient (Wildman–Crippen LogP) is -0.0146. The molecule has 0 fully saturated rings. The quantitative estimate of drug-likeness (QED) is 0.485. The van der Waals surface area contributed by atoms with E-state index in [2.05, 4.69) is 8.37 Å². The van der Waals surface area contributed by atoms with E-state index < -0.39 is 78.8 Å². The number of hydrogen-bond donors (Lipinski definition) is 2. The molecule has 1 aromatic carbocycles. The van der Waals surface area contributed by atoms with E-state index >= 15 is 0 Å². The third kappa shape index (κ3) is 4.27. The number of hydrogen-bond acceptors (Lipinski definition) is 10. The minimum absolute atomic E-state index is 0.397. The fourth-order valence-corrected chi connectivity index (χ4v) is 2.93. The van der Waals surface area contributed by atoms with Crippen LogP contribution in [0.5, 0.6) is 11.5 Å². The van der Waals surface area contributed by atoms with Crippen LogP contribution < -0.4 is 0 Å². The lowest BCUT2D eigenvalue weighted by molar-refractivity contribution is 0.0988. The first-order chi connectivity index (χ1) is 11.8. The molecule has 2 N–H and O–H groups in total. The summed E-state index contributed by atoms with van der Waals surface area (Å²) in [5, 5.41) is 20.7. The van der Waals surface area contributed by atoms with Gasteiger partial charge in [0.15, 0.2) is 11.6 Å². The van der Waals surface area contributed by atoms with Crippen LogP contribution in [-0.2, 0) is 41.8 Å². The van der Waals surface area contributed by atoms with Gasteiger partial charge in [0.1, 0.15) is 11.5 Å². The van der Waals surface area contributed by atoms with Gasteiger partial charge >= 0.3 is 0 Å². The molecule has 0 amide bonds. The van der Waals surface area contributed by atoms with E-state index in [1.807, 2.05) is 0 Å². The summed E-state index contributed by atoms with van der Waals surface area (Å²) >= 11 is 0. The number of phenolic OH excluding ortho intramolecular Hbond substituents is 2. The van der Waals surface area contributed by atoms with Crippen molar-refractivity contribution in [3.63, 3.8) is 0 Å². The predicted molar refractivity (Wildman–Crippen MR) is 86.8 cm³/mol. The van der Waals surface area contributed by atoms with Crippen LogP contribution in [0.15, 0.2) is 12.2 Å². The minimum Gasteiger partial charge on any atom is -0.507 e. The molecular formula is C14H14O10S2. The van der Waals surface area contributed by atoms with Crippen LogP contribution in [0.1, 0.15) is 31.8 Å². The Morgan fingerprint density at radius 2 is 1.08 bits per heavy atom. The Morgan fingerprint density at radius 1 is 0.769 bits per heavy atom. The fraction of sp³-hybridized carbons (Fsp3) is 0.286. The molecule has 0 saturated carbocycles. The van der Waals surface area contributed by atoms with Gasteiger partial charge in [-0.05, 0) is 12.2 Å². The van der Waals surface area contributed by atoms with Gasteiger partial charge in [0.25, 0.3) is 20.2 Å². The van der Waals surface area contributed by atoms with Crippen LogP contribution in [0.3, 0.4) is 0 Å². The van der Waals surface area contributed by atoms with E-state index in [1.165, 1.54) is 0 Å². The Kier molecular flexibility index (Phi) is 5.24. The molecule has 1 aliphatic carbocycles. The molecule has 10 nitrogen and oxygen atoms in total. The highest BCUT2D eigenvalue weighted by atomic mass is 32.2. The smallest absolute Gasteiger partial charge is 0.264 e. The summed E-state index contributed by atoms with van der Waals surface area (Å²) in [6.45, 7) is -1.64. The number of fused-ring (bicyclic) bond motifs is 1. The van der Waals surface area contributed by atoms with E-state index in [4.69, 9.17) is 0 Å². The van der Waals surface area contributed by atoms with Crippen molar-refractivity contribution in [3.05, 3.63) is 34.4 Å². The van der Waals surface area contributed by atoms with Crippen molar-refractivity contribution in [1.29, 1.82) is 0 Å². The van der Waals surface area contributed by atoms with Gasteiger partial charge in [-0.2, -0.15) is 16.8 Å². The summed E-state index contributed by atoms with van der Waals surface area (Å²) in [6.07, 6.45) is 3.20. The molecule has 0 saturated heterocycles. The Bertz CT molecular complexity index is 949. The molecule has 26 heavy (non-hydrogen) atoms. The summed E-state index contributed by atoms with van der Waals surface area (Å²) in [5.41, 5.74) is -1.87. The topological polar surface area (TPSA) is 161 Å². The largest absolute Gasteiger partial charge is 0.507 e. The molecular weight excluding hydrogens is 392 g/mol. The number of aromatic hydroxyl groups is 2. The maximum absolute atomic E-state index is 12.0. The average molecular weight is 406 g/mol. The van der Waals surface area contributed by atoms with E-state index in [-0.39, 0.29) is 0 Å². The van der Waals surface area contributed by atoms with E-state index in [9.17, 15) is 36.6 Å². The summed E-state index contributed by atoms with van der Waals surface area (Å²) < 4.78 is 54.0. The second-order valence-electron chi connectivity index (χ2n) is 5.40. The molecule has 2 rings (SSSR count). The van der Waals surface area contributed by atoms with E-state index in [1.54, 1.807) is 0 Å². The van der Waals surface area contributed by atoms with Gasteiger partial charge < -0.3 is 10.2 Å². The molecule has 0 atom stereocenters. The Morgan fingerprint density at radius 3 is 1.35 bits per heavy atom. The third-order valence-corrected chi connectivity index (χ3v) is 4.47. The first kappa shape index (κ1) is 20.0. The first-order valence-corrected chi connectivity index (χ1v) is 10.5. The Hall–Kier alpha value is -2.28. The second-order valence-corrected chi connectivity index (χ2v) is 8.69. The molecule has 0 aromatic heterocycles. The van der Waals surface area contributed by atoms with E-state index in [0.29, 0.717) is 0 Å². The van der Waals surface area contributed by atoms with E-state index in [0.717, 1.165) is 24.7 Å². The summed E-state index contributed by atoms with van der Waals surface area (Å²) in [4.78, 5) is 24.0. The zero-order valence-corrected chi connectivity index (χ0v) is 15.2. The molecule has 142 valence electrons. The number of carbonyl (C=O) groups is 2. The van der Waals surface area contributed by atoms with Gasteiger partial charge in [0, 0.05) is 11.1 Å². The molecule has 0 unspecified atom stereocenters. The zero-order chi connectivity index (χ0) is 19.9. The van der Waals surface area contributed by atoms with Crippen LogP contribution in [0.25, 0.3) is 0 Å². The monoisotopic (exact) mass is 406 g/mol. The zero-order valence-electron chi connectivity index (χ0n) is 13.5. The summed E-state index contributed by atoms with van der Waals surface area (Å²) in [5.74, 6) is -3.22. The van der Waals surface area contributed by atoms with Crippen LogP contribution in [0.4, 0.5) is 0 Å². The van der Waals surface area contributed by atoms with Crippen molar-refractivity contribution in [2.45, 2.75) is 13.2 Å². The number of benzene rings is 1. The highest BCUT2D eigenvalue weighted by Gasteiger charge is 2.32. The van der Waals surface area contributed by atoms with Gasteiger partial charge in [-0.3, -0.25) is 18.0 Å². The van der Waals surface area contributed by atoms with Crippen molar-refractivity contribution in [3.8, 4) is 11.5 Å². The average Bonchev–Trinajstić information content (AvgIpc) is 2.48. The third-order valence-electron chi connectivity index (χ3n) is 3.37. The standard InChI is InChI=1S/C14H14O10S2/c1-25(19,20)23-5-7-8(6-24-26(2,21)22)14(18)12-10(16)4-3-9(15)11(12)13(7)17/h3-4,17-18H,5-6H2,1-2H3. The SMILES string of the molecule is CS(=O)(=O)OCc1c(O)c2c(c(O)c1COS(C)(=O)=O)C(=O)C=CC2=O. The number of carbonyl (C=O) groups excluding carboxylic acids is 2. The normalized spacial score (nSPS) is 14.5. The van der Waals surface area contributed by atoms with Crippen molar-refractivity contribution >= 4 is 31.8 Å². The van der Waals surface area contributed by atoms with Gasteiger partial charge in [-0.1, -0.05) is 0 Å². The van der Waals surface area contributed by atoms with Crippen LogP contribution in [0, 0.1) is 0 Å². The van der Waals surface area contributed by atoms with Crippen molar-refractivity contribution in [2.24, 2.45) is 0 Å². The van der Waals surface area contributed by atoms with Gasteiger partial charge in [-0.15, -0.1) is 0 Å². The number of allylic oxidation sites excluding steroid dienone is 2. The molecule has 0 spiro atoms. The molecule has 12 heteroatoms. The first-order valence-electron chi connectivity index (χ1n) is 6.87. The molecule has 0 aliphatic heterocycles. The Balaban J connectivity index is 2.70. The van der Waals surface area contributed by atoms with Crippen molar-refractivity contribution in [2.75, 3.05) is 12.5 Å².